The summed E-state index contributed by atoms with van der Waals surface area (Å²) in [6.45, 7) is 9.47. The lowest BCUT2D eigenvalue weighted by molar-refractivity contribution is 0.0132. The maximum atomic E-state index is 12.1. The Hall–Kier alpha value is -0.810. The maximum Gasteiger partial charge on any atom is 0.410 e. The van der Waals surface area contributed by atoms with Crippen molar-refractivity contribution >= 4 is 6.09 Å². The number of amides is 1. The van der Waals surface area contributed by atoms with Gasteiger partial charge in [0.1, 0.15) is 5.60 Å². The van der Waals surface area contributed by atoms with Crippen LogP contribution in [0.1, 0.15) is 40.5 Å². The minimum Gasteiger partial charge on any atom is -0.444 e. The number of hydrogen-bond acceptors (Lipinski definition) is 4. The smallest absolute Gasteiger partial charge is 0.410 e. The molecule has 0 saturated carbocycles. The molecule has 0 aromatic carbocycles. The van der Waals surface area contributed by atoms with E-state index in [1.807, 2.05) is 44.8 Å². The first-order valence-corrected chi connectivity index (χ1v) is 7.10. The van der Waals surface area contributed by atoms with Crippen LogP contribution < -0.4 is 5.43 Å². The molecule has 1 aliphatic heterocycles. The number of carbonyl (C=O) groups excluding carboxylic acids is 1. The highest BCUT2D eigenvalue weighted by atomic mass is 16.6. The standard InChI is InChI=1S/C14H29N3O2/c1-11(15-16(5)6)12-8-7-9-17(10-12)13(18)19-14(2,3)4/h11-12,15H,7-10H2,1-6H3. The Morgan fingerprint density at radius 1 is 1.42 bits per heavy atom. The van der Waals surface area contributed by atoms with E-state index in [2.05, 4.69) is 12.3 Å². The number of hydrazine groups is 1. The van der Waals surface area contributed by atoms with Crippen LogP contribution in [0, 0.1) is 5.92 Å². The monoisotopic (exact) mass is 271 g/mol. The Labute approximate surface area is 117 Å². The van der Waals surface area contributed by atoms with Gasteiger partial charge in [0.15, 0.2) is 0 Å². The molecule has 0 spiro atoms. The lowest BCUT2D eigenvalue weighted by Crippen LogP contribution is -2.50. The van der Waals surface area contributed by atoms with Gasteiger partial charge in [-0.05, 0) is 46.5 Å². The molecule has 1 saturated heterocycles. The number of rotatable bonds is 3. The van der Waals surface area contributed by atoms with Crippen molar-refractivity contribution in [3.05, 3.63) is 0 Å². The van der Waals surface area contributed by atoms with E-state index in [4.69, 9.17) is 4.74 Å². The van der Waals surface area contributed by atoms with Crippen molar-refractivity contribution in [2.45, 2.75) is 52.2 Å². The molecule has 5 heteroatoms. The van der Waals surface area contributed by atoms with Crippen LogP contribution in [0.4, 0.5) is 4.79 Å². The van der Waals surface area contributed by atoms with Crippen molar-refractivity contribution in [3.63, 3.8) is 0 Å². The molecule has 1 heterocycles. The zero-order valence-electron chi connectivity index (χ0n) is 13.2. The number of ether oxygens (including phenoxy) is 1. The van der Waals surface area contributed by atoms with Crippen LogP contribution in [-0.2, 0) is 4.74 Å². The second kappa shape index (κ2) is 6.57. The van der Waals surface area contributed by atoms with Gasteiger partial charge in [-0.15, -0.1) is 0 Å². The Kier molecular flexibility index (Phi) is 5.62. The Bertz CT molecular complexity index is 300. The molecule has 1 N–H and O–H groups in total. The normalized spacial score (nSPS) is 22.5. The van der Waals surface area contributed by atoms with Gasteiger partial charge in [-0.1, -0.05) is 0 Å². The first kappa shape index (κ1) is 16.2. The van der Waals surface area contributed by atoms with Gasteiger partial charge in [0.05, 0.1) is 0 Å². The van der Waals surface area contributed by atoms with Crippen molar-refractivity contribution in [3.8, 4) is 0 Å². The largest absolute Gasteiger partial charge is 0.444 e. The minimum atomic E-state index is -0.419. The quantitative estimate of drug-likeness (QED) is 0.798. The van der Waals surface area contributed by atoms with Crippen molar-refractivity contribution in [2.24, 2.45) is 5.92 Å². The van der Waals surface area contributed by atoms with E-state index in [1.54, 1.807) is 0 Å². The van der Waals surface area contributed by atoms with E-state index < -0.39 is 5.60 Å². The molecule has 19 heavy (non-hydrogen) atoms. The van der Waals surface area contributed by atoms with E-state index >= 15 is 0 Å². The van der Waals surface area contributed by atoms with Crippen LogP contribution in [0.15, 0.2) is 0 Å². The fourth-order valence-electron chi connectivity index (χ4n) is 2.42. The fourth-order valence-corrected chi connectivity index (χ4v) is 2.42. The highest BCUT2D eigenvalue weighted by Gasteiger charge is 2.30. The van der Waals surface area contributed by atoms with Gasteiger partial charge in [0.2, 0.25) is 0 Å². The van der Waals surface area contributed by atoms with Crippen molar-refractivity contribution < 1.29 is 9.53 Å². The maximum absolute atomic E-state index is 12.1. The highest BCUT2D eigenvalue weighted by molar-refractivity contribution is 5.68. The Morgan fingerprint density at radius 2 is 2.05 bits per heavy atom. The number of carbonyl (C=O) groups is 1. The molecule has 2 unspecified atom stereocenters. The van der Waals surface area contributed by atoms with Gasteiger partial charge in [-0.2, -0.15) is 0 Å². The lowest BCUT2D eigenvalue weighted by Gasteiger charge is -2.37. The van der Waals surface area contributed by atoms with Gasteiger partial charge in [0.25, 0.3) is 0 Å². The molecule has 112 valence electrons. The second-order valence-electron chi connectivity index (χ2n) is 6.64. The van der Waals surface area contributed by atoms with E-state index in [0.29, 0.717) is 12.0 Å². The predicted octanol–water partition coefficient (Wildman–Crippen LogP) is 2.09. The molecule has 0 aliphatic carbocycles. The minimum absolute atomic E-state index is 0.186. The van der Waals surface area contributed by atoms with Crippen molar-refractivity contribution in [1.82, 2.24) is 15.3 Å². The zero-order valence-corrected chi connectivity index (χ0v) is 13.2. The summed E-state index contributed by atoms with van der Waals surface area (Å²) in [6, 6.07) is 0.361. The van der Waals surface area contributed by atoms with Gasteiger partial charge < -0.3 is 9.64 Å². The van der Waals surface area contributed by atoms with E-state index in [9.17, 15) is 4.79 Å². The summed E-state index contributed by atoms with van der Waals surface area (Å²) in [7, 11) is 3.98. The SMILES string of the molecule is CC(NN(C)C)C1CCCN(C(=O)OC(C)(C)C)C1. The average Bonchev–Trinajstić information content (AvgIpc) is 2.26. The third kappa shape index (κ3) is 5.78. The summed E-state index contributed by atoms with van der Waals surface area (Å²) in [6.07, 6.45) is 2.01. The summed E-state index contributed by atoms with van der Waals surface area (Å²) in [5.74, 6) is 0.476. The summed E-state index contributed by atoms with van der Waals surface area (Å²) in [5, 5.41) is 1.97. The third-order valence-corrected chi connectivity index (χ3v) is 3.28. The number of likely N-dealkylation sites (tertiary alicyclic amines) is 1. The first-order chi connectivity index (χ1) is 8.69. The van der Waals surface area contributed by atoms with Gasteiger partial charge >= 0.3 is 6.09 Å². The predicted molar refractivity (Wildman–Crippen MR) is 76.8 cm³/mol. The Balaban J connectivity index is 2.52. The summed E-state index contributed by atoms with van der Waals surface area (Å²) in [4.78, 5) is 13.9. The van der Waals surface area contributed by atoms with Crippen LogP contribution in [0.25, 0.3) is 0 Å². The van der Waals surface area contributed by atoms with Gasteiger partial charge in [0, 0.05) is 33.2 Å². The third-order valence-electron chi connectivity index (χ3n) is 3.28. The van der Waals surface area contributed by atoms with Crippen LogP contribution in [0.5, 0.6) is 0 Å². The first-order valence-electron chi connectivity index (χ1n) is 7.10. The Morgan fingerprint density at radius 3 is 2.58 bits per heavy atom. The van der Waals surface area contributed by atoms with E-state index in [0.717, 1.165) is 25.9 Å². The molecular formula is C14H29N3O2. The molecule has 0 radical (unpaired) electrons. The molecule has 1 amide bonds. The van der Waals surface area contributed by atoms with Crippen LogP contribution in [0.2, 0.25) is 0 Å². The molecule has 0 bridgehead atoms. The van der Waals surface area contributed by atoms with Crippen LogP contribution in [0.3, 0.4) is 0 Å². The molecule has 1 fully saturated rings. The molecule has 1 aliphatic rings. The summed E-state index contributed by atoms with van der Waals surface area (Å²) >= 11 is 0. The van der Waals surface area contributed by atoms with Crippen molar-refractivity contribution in [1.29, 1.82) is 0 Å². The molecule has 0 aromatic rings. The fraction of sp³-hybridized carbons (Fsp3) is 0.929. The molecule has 1 rings (SSSR count). The van der Waals surface area contributed by atoms with Gasteiger partial charge in [-0.25, -0.2) is 4.79 Å². The van der Waals surface area contributed by atoms with Crippen LogP contribution >= 0.6 is 0 Å². The highest BCUT2D eigenvalue weighted by Crippen LogP contribution is 2.21. The average molecular weight is 271 g/mol. The number of nitrogens with one attached hydrogen (secondary N) is 1. The second-order valence-corrected chi connectivity index (χ2v) is 6.64. The number of hydrogen-bond donors (Lipinski definition) is 1. The molecule has 0 aromatic heterocycles. The molecular weight excluding hydrogens is 242 g/mol. The van der Waals surface area contributed by atoms with Crippen molar-refractivity contribution in [2.75, 3.05) is 27.2 Å². The van der Waals surface area contributed by atoms with Crippen LogP contribution in [-0.4, -0.2) is 54.8 Å². The summed E-state index contributed by atoms with van der Waals surface area (Å²) < 4.78 is 5.44. The topological polar surface area (TPSA) is 44.8 Å². The number of nitrogens with zero attached hydrogens (tertiary/aromatic N) is 2. The zero-order chi connectivity index (χ0) is 14.6. The van der Waals surface area contributed by atoms with E-state index in [1.165, 1.54) is 0 Å². The lowest BCUT2D eigenvalue weighted by atomic mass is 9.92. The molecule has 2 atom stereocenters. The van der Waals surface area contributed by atoms with Gasteiger partial charge in [-0.3, -0.25) is 10.4 Å². The van der Waals surface area contributed by atoms with E-state index in [-0.39, 0.29) is 6.09 Å². The molecule has 5 nitrogen and oxygen atoms in total. The number of piperidine rings is 1. The summed E-state index contributed by atoms with van der Waals surface area (Å²) in [5.41, 5.74) is 2.96.